The number of aromatic amines is 1. The summed E-state index contributed by atoms with van der Waals surface area (Å²) >= 11 is 0. The number of nitrogens with two attached hydrogens (primary N) is 1. The van der Waals surface area contributed by atoms with E-state index in [1.54, 1.807) is 0 Å². The number of nitriles is 1. The van der Waals surface area contributed by atoms with Gasteiger partial charge in [0.15, 0.2) is 11.5 Å². The van der Waals surface area contributed by atoms with Crippen molar-refractivity contribution in [3.05, 3.63) is 70.6 Å². The third kappa shape index (κ3) is 3.30. The molecule has 33 heavy (non-hydrogen) atoms. The van der Waals surface area contributed by atoms with Crippen molar-refractivity contribution in [3.8, 4) is 34.7 Å². The molecule has 0 saturated heterocycles. The van der Waals surface area contributed by atoms with Crippen LogP contribution in [0.5, 0.6) is 17.4 Å². The molecule has 0 bridgehead atoms. The molecule has 3 heterocycles. The lowest BCUT2D eigenvalue weighted by molar-refractivity contribution is 0.174. The van der Waals surface area contributed by atoms with E-state index in [0.717, 1.165) is 22.4 Å². The maximum Gasteiger partial charge on any atom is 0.244 e. The van der Waals surface area contributed by atoms with Gasteiger partial charge in [0.05, 0.1) is 17.2 Å². The molecule has 2 aliphatic heterocycles. The first-order valence-electron chi connectivity index (χ1n) is 11.4. The maximum absolute atomic E-state index is 9.94. The molecule has 1 aromatic heterocycles. The number of fused-ring (bicyclic) bond motifs is 2. The normalized spacial score (nSPS) is 19.7. The molecule has 1 fully saturated rings. The summed E-state index contributed by atoms with van der Waals surface area (Å²) in [6.07, 6.45) is 6.47. The van der Waals surface area contributed by atoms with Crippen LogP contribution in [-0.4, -0.2) is 17.0 Å². The van der Waals surface area contributed by atoms with Gasteiger partial charge in [-0.2, -0.15) is 5.26 Å². The fraction of sp³-hybridized carbons (Fsp3) is 0.308. The second-order valence-electron chi connectivity index (χ2n) is 8.81. The number of hydrogen-bond acceptors (Lipinski definition) is 6. The second kappa shape index (κ2) is 7.89. The summed E-state index contributed by atoms with van der Waals surface area (Å²) in [5.74, 6) is 2.01. The van der Waals surface area contributed by atoms with E-state index in [4.69, 9.17) is 19.9 Å². The minimum absolute atomic E-state index is 0.0679. The number of allylic oxidation sites excluding steroid dienone is 1. The van der Waals surface area contributed by atoms with Gasteiger partial charge in [0.25, 0.3) is 0 Å². The minimum atomic E-state index is -0.431. The highest BCUT2D eigenvalue weighted by molar-refractivity contribution is 5.71. The van der Waals surface area contributed by atoms with E-state index in [1.807, 2.05) is 18.2 Å². The largest absolute Gasteiger partial charge is 0.454 e. The van der Waals surface area contributed by atoms with Crippen LogP contribution in [0.25, 0.3) is 11.3 Å². The van der Waals surface area contributed by atoms with Gasteiger partial charge in [0.1, 0.15) is 11.6 Å². The Hall–Kier alpha value is -3.92. The first-order valence-corrected chi connectivity index (χ1v) is 11.4. The van der Waals surface area contributed by atoms with Gasteiger partial charge in [-0.3, -0.25) is 5.10 Å². The van der Waals surface area contributed by atoms with Crippen molar-refractivity contribution in [1.82, 2.24) is 10.2 Å². The van der Waals surface area contributed by atoms with Gasteiger partial charge < -0.3 is 19.9 Å². The van der Waals surface area contributed by atoms with E-state index in [-0.39, 0.29) is 12.7 Å². The van der Waals surface area contributed by atoms with E-state index in [9.17, 15) is 5.26 Å². The van der Waals surface area contributed by atoms with E-state index in [2.05, 4.69) is 40.5 Å². The molecule has 0 spiro atoms. The number of nitrogens with zero attached hydrogens (tertiary/aromatic N) is 2. The lowest BCUT2D eigenvalue weighted by Crippen LogP contribution is -2.21. The molecule has 0 amide bonds. The Labute approximate surface area is 191 Å². The average Bonchev–Trinajstić information content (AvgIpc) is 3.50. The Kier molecular flexibility index (Phi) is 4.72. The summed E-state index contributed by atoms with van der Waals surface area (Å²) in [6.45, 7) is 0.186. The summed E-state index contributed by atoms with van der Waals surface area (Å²) in [7, 11) is 0. The Balaban J connectivity index is 1.42. The zero-order valence-electron chi connectivity index (χ0n) is 18.1. The molecule has 1 saturated carbocycles. The van der Waals surface area contributed by atoms with Gasteiger partial charge in [0, 0.05) is 5.56 Å². The zero-order chi connectivity index (χ0) is 22.4. The number of hydrogen-bond donors (Lipinski definition) is 2. The van der Waals surface area contributed by atoms with Crippen LogP contribution in [0.4, 0.5) is 0 Å². The standard InChI is InChI=1S/C26H24N4O3/c27-13-19-22(18-10-11-20-21(12-18)32-14-31-20)23-24(29-30-26(23)33-25(19)28)17-8-6-16(7-9-17)15-4-2-1-3-5-15/h6-12,15,22H,1-5,14,28H2,(H,29,30). The number of H-pyrrole nitrogens is 1. The van der Waals surface area contributed by atoms with Crippen LogP contribution in [0.15, 0.2) is 53.9 Å². The highest BCUT2D eigenvalue weighted by Crippen LogP contribution is 2.47. The topological polar surface area (TPSA) is 106 Å². The summed E-state index contributed by atoms with van der Waals surface area (Å²) in [5, 5.41) is 17.4. The number of nitrogens with one attached hydrogen (secondary N) is 1. The molecule has 166 valence electrons. The summed E-state index contributed by atoms with van der Waals surface area (Å²) < 4.78 is 16.8. The van der Waals surface area contributed by atoms with Crippen molar-refractivity contribution in [2.75, 3.05) is 6.79 Å². The summed E-state index contributed by atoms with van der Waals surface area (Å²) in [6, 6.07) is 16.6. The van der Waals surface area contributed by atoms with E-state index in [1.165, 1.54) is 37.7 Å². The first kappa shape index (κ1) is 19.7. The number of benzene rings is 2. The van der Waals surface area contributed by atoms with Crippen LogP contribution in [0.2, 0.25) is 0 Å². The molecular formula is C26H24N4O3. The number of aromatic nitrogens is 2. The quantitative estimate of drug-likeness (QED) is 0.589. The van der Waals surface area contributed by atoms with Gasteiger partial charge >= 0.3 is 0 Å². The molecule has 7 heteroatoms. The smallest absolute Gasteiger partial charge is 0.244 e. The van der Waals surface area contributed by atoms with Gasteiger partial charge in [-0.25, -0.2) is 0 Å². The molecule has 3 aromatic rings. The monoisotopic (exact) mass is 440 g/mol. The molecule has 1 unspecified atom stereocenters. The van der Waals surface area contributed by atoms with Crippen LogP contribution in [0.3, 0.4) is 0 Å². The Bertz CT molecular complexity index is 1280. The predicted octanol–water partition coefficient (Wildman–Crippen LogP) is 5.07. The highest BCUT2D eigenvalue weighted by Gasteiger charge is 2.36. The molecule has 7 nitrogen and oxygen atoms in total. The average molecular weight is 441 g/mol. The lowest BCUT2D eigenvalue weighted by Gasteiger charge is -2.24. The molecule has 3 aliphatic rings. The molecule has 1 aliphatic carbocycles. The SMILES string of the molecule is N#CC1=C(N)Oc2n[nH]c(-c3ccc(C4CCCCC4)cc3)c2C1c1ccc2c(c1)OCO2. The Morgan fingerprint density at radius 2 is 1.73 bits per heavy atom. The molecule has 0 radical (unpaired) electrons. The number of ether oxygens (including phenoxy) is 3. The zero-order valence-corrected chi connectivity index (χ0v) is 18.1. The van der Waals surface area contributed by atoms with E-state index in [0.29, 0.717) is 28.9 Å². The van der Waals surface area contributed by atoms with Crippen molar-refractivity contribution in [1.29, 1.82) is 5.26 Å². The maximum atomic E-state index is 9.94. The van der Waals surface area contributed by atoms with Crippen LogP contribution in [-0.2, 0) is 0 Å². The molecule has 2 aromatic carbocycles. The van der Waals surface area contributed by atoms with Crippen LogP contribution in [0.1, 0.15) is 60.6 Å². The summed E-state index contributed by atoms with van der Waals surface area (Å²) in [4.78, 5) is 0. The van der Waals surface area contributed by atoms with Crippen LogP contribution < -0.4 is 19.9 Å². The van der Waals surface area contributed by atoms with Crippen molar-refractivity contribution < 1.29 is 14.2 Å². The molecule has 1 atom stereocenters. The first-order chi connectivity index (χ1) is 16.2. The van der Waals surface area contributed by atoms with E-state index < -0.39 is 5.92 Å². The fourth-order valence-electron chi connectivity index (χ4n) is 5.25. The van der Waals surface area contributed by atoms with Gasteiger partial charge in [0.2, 0.25) is 18.6 Å². The minimum Gasteiger partial charge on any atom is -0.454 e. The van der Waals surface area contributed by atoms with Crippen LogP contribution in [0, 0.1) is 11.3 Å². The van der Waals surface area contributed by atoms with Gasteiger partial charge in [-0.1, -0.05) is 49.6 Å². The van der Waals surface area contributed by atoms with Crippen molar-refractivity contribution >= 4 is 0 Å². The van der Waals surface area contributed by atoms with Crippen molar-refractivity contribution in [2.45, 2.75) is 43.9 Å². The van der Waals surface area contributed by atoms with Crippen molar-refractivity contribution in [2.24, 2.45) is 5.73 Å². The second-order valence-corrected chi connectivity index (χ2v) is 8.81. The molecule has 6 rings (SSSR count). The third-order valence-electron chi connectivity index (χ3n) is 6.94. The molecule has 3 N–H and O–H groups in total. The van der Waals surface area contributed by atoms with E-state index >= 15 is 0 Å². The Morgan fingerprint density at radius 1 is 0.970 bits per heavy atom. The van der Waals surface area contributed by atoms with Gasteiger partial charge in [-0.05, 0) is 42.0 Å². The fourth-order valence-corrected chi connectivity index (χ4v) is 5.25. The summed E-state index contributed by atoms with van der Waals surface area (Å²) in [5.41, 5.74) is 11.3. The molecular weight excluding hydrogens is 416 g/mol. The Morgan fingerprint density at radius 3 is 2.52 bits per heavy atom. The number of rotatable bonds is 3. The van der Waals surface area contributed by atoms with Crippen LogP contribution >= 0.6 is 0 Å². The predicted molar refractivity (Wildman–Crippen MR) is 122 cm³/mol. The van der Waals surface area contributed by atoms with Crippen molar-refractivity contribution in [3.63, 3.8) is 0 Å². The third-order valence-corrected chi connectivity index (χ3v) is 6.94. The highest BCUT2D eigenvalue weighted by atomic mass is 16.7. The van der Waals surface area contributed by atoms with Gasteiger partial charge in [-0.15, -0.1) is 5.10 Å². The lowest BCUT2D eigenvalue weighted by atomic mass is 9.82.